The molecule has 0 aromatic heterocycles. The van der Waals surface area contributed by atoms with Gasteiger partial charge in [-0.3, -0.25) is 9.10 Å². The highest BCUT2D eigenvalue weighted by Crippen LogP contribution is 2.26. The SMILES string of the molecule is Cc1cc(C)c(C(=O)COC(=O)c2cc(S(=O)(=O)N(C)c3ccc(F)cc3)ccc2Cl)c(C)c1. The van der Waals surface area contributed by atoms with E-state index in [9.17, 15) is 22.4 Å². The molecule has 0 aliphatic rings. The van der Waals surface area contributed by atoms with Gasteiger partial charge in [-0.25, -0.2) is 17.6 Å². The van der Waals surface area contributed by atoms with Crippen LogP contribution in [-0.4, -0.2) is 33.8 Å². The van der Waals surface area contributed by atoms with Gasteiger partial charge in [-0.1, -0.05) is 29.3 Å². The first-order chi connectivity index (χ1) is 15.9. The molecular formula is C25H23ClFNO5S. The van der Waals surface area contributed by atoms with Gasteiger partial charge in [0.1, 0.15) is 5.82 Å². The summed E-state index contributed by atoms with van der Waals surface area (Å²) in [5.74, 6) is -1.81. The molecule has 3 rings (SSSR count). The van der Waals surface area contributed by atoms with Crippen LogP contribution < -0.4 is 4.31 Å². The topological polar surface area (TPSA) is 80.8 Å². The molecule has 0 bridgehead atoms. The molecule has 0 saturated carbocycles. The number of hydrogen-bond donors (Lipinski definition) is 0. The summed E-state index contributed by atoms with van der Waals surface area (Å²) < 4.78 is 45.4. The third kappa shape index (κ3) is 5.29. The molecule has 0 radical (unpaired) electrons. The molecule has 6 nitrogen and oxygen atoms in total. The third-order valence-electron chi connectivity index (χ3n) is 5.30. The van der Waals surface area contributed by atoms with Gasteiger partial charge < -0.3 is 4.74 Å². The summed E-state index contributed by atoms with van der Waals surface area (Å²) in [6.45, 7) is 5.01. The standard InChI is InChI=1S/C25H23ClFNO5S/c1-15-11-16(2)24(17(3)12-15)23(29)14-33-25(30)21-13-20(9-10-22(21)26)34(31,32)28(4)19-7-5-18(27)6-8-19/h5-13H,14H2,1-4H3. The van der Waals surface area contributed by atoms with Crippen LogP contribution in [0.15, 0.2) is 59.5 Å². The molecule has 0 spiro atoms. The van der Waals surface area contributed by atoms with Gasteiger partial charge >= 0.3 is 5.97 Å². The molecule has 3 aromatic carbocycles. The van der Waals surface area contributed by atoms with Gasteiger partial charge in [-0.05, 0) is 74.4 Å². The zero-order valence-electron chi connectivity index (χ0n) is 19.1. The Labute approximate surface area is 203 Å². The number of aryl methyl sites for hydroxylation is 3. The number of carbonyl (C=O) groups excluding carboxylic acids is 2. The van der Waals surface area contributed by atoms with Crippen molar-refractivity contribution in [2.24, 2.45) is 0 Å². The van der Waals surface area contributed by atoms with E-state index in [1.807, 2.05) is 19.1 Å². The minimum atomic E-state index is -4.09. The van der Waals surface area contributed by atoms with E-state index in [4.69, 9.17) is 16.3 Å². The third-order valence-corrected chi connectivity index (χ3v) is 7.41. The number of rotatable bonds is 7. The normalized spacial score (nSPS) is 11.2. The molecule has 9 heteroatoms. The maximum absolute atomic E-state index is 13.2. The van der Waals surface area contributed by atoms with Gasteiger partial charge in [-0.2, -0.15) is 0 Å². The number of anilines is 1. The van der Waals surface area contributed by atoms with Crippen molar-refractivity contribution in [3.63, 3.8) is 0 Å². The number of Topliss-reactive ketones (excluding diaryl/α,β-unsaturated/α-hetero) is 1. The molecule has 0 heterocycles. The number of nitrogens with zero attached hydrogens (tertiary/aromatic N) is 1. The van der Waals surface area contributed by atoms with E-state index in [0.717, 1.165) is 39.2 Å². The summed E-state index contributed by atoms with van der Waals surface area (Å²) in [5.41, 5.74) is 3.07. The van der Waals surface area contributed by atoms with Crippen LogP contribution in [0.4, 0.5) is 10.1 Å². The van der Waals surface area contributed by atoms with Crippen molar-refractivity contribution >= 4 is 39.1 Å². The van der Waals surface area contributed by atoms with Crippen LogP contribution in [0, 0.1) is 26.6 Å². The van der Waals surface area contributed by atoms with E-state index >= 15 is 0 Å². The van der Waals surface area contributed by atoms with Crippen LogP contribution in [0.5, 0.6) is 0 Å². The molecule has 0 N–H and O–H groups in total. The number of sulfonamides is 1. The van der Waals surface area contributed by atoms with E-state index in [2.05, 4.69) is 0 Å². The van der Waals surface area contributed by atoms with Crippen molar-refractivity contribution in [3.8, 4) is 0 Å². The van der Waals surface area contributed by atoms with Gasteiger partial charge in [0.15, 0.2) is 6.61 Å². The zero-order chi connectivity index (χ0) is 25.2. The molecule has 0 fully saturated rings. The summed E-state index contributed by atoms with van der Waals surface area (Å²) in [6.07, 6.45) is 0. The maximum atomic E-state index is 13.2. The van der Waals surface area contributed by atoms with E-state index in [0.29, 0.717) is 5.56 Å². The molecule has 3 aromatic rings. The highest BCUT2D eigenvalue weighted by molar-refractivity contribution is 7.92. The number of benzene rings is 3. The lowest BCUT2D eigenvalue weighted by molar-refractivity contribution is 0.0474. The molecule has 0 atom stereocenters. The lowest BCUT2D eigenvalue weighted by Crippen LogP contribution is -2.27. The Balaban J connectivity index is 1.82. The molecule has 0 aliphatic carbocycles. The van der Waals surface area contributed by atoms with Gasteiger partial charge in [0.05, 0.1) is 21.2 Å². The average Bonchev–Trinajstić information content (AvgIpc) is 2.77. The number of ether oxygens (including phenoxy) is 1. The molecular weight excluding hydrogens is 481 g/mol. The van der Waals surface area contributed by atoms with Gasteiger partial charge in [0, 0.05) is 12.6 Å². The van der Waals surface area contributed by atoms with Crippen LogP contribution >= 0.6 is 11.6 Å². The second-order valence-corrected chi connectivity index (χ2v) is 10.2. The summed E-state index contributed by atoms with van der Waals surface area (Å²) in [4.78, 5) is 25.1. The Hall–Kier alpha value is -3.23. The summed E-state index contributed by atoms with van der Waals surface area (Å²) in [6, 6.07) is 12.2. The van der Waals surface area contributed by atoms with Crippen molar-refractivity contribution in [2.75, 3.05) is 18.0 Å². The van der Waals surface area contributed by atoms with Crippen LogP contribution in [0.2, 0.25) is 5.02 Å². The molecule has 0 amide bonds. The fourth-order valence-electron chi connectivity index (χ4n) is 3.67. The Morgan fingerprint density at radius 1 is 0.971 bits per heavy atom. The Kier molecular flexibility index (Phi) is 7.43. The first kappa shape index (κ1) is 25.4. The van der Waals surface area contributed by atoms with Crippen molar-refractivity contribution in [2.45, 2.75) is 25.7 Å². The average molecular weight is 504 g/mol. The summed E-state index contributed by atoms with van der Waals surface area (Å²) in [5, 5.41) is -0.0245. The molecule has 178 valence electrons. The van der Waals surface area contributed by atoms with Crippen LogP contribution in [0.1, 0.15) is 37.4 Å². The van der Waals surface area contributed by atoms with Crippen molar-refractivity contribution < 1.29 is 27.1 Å². The second kappa shape index (κ2) is 9.95. The monoisotopic (exact) mass is 503 g/mol. The second-order valence-electron chi connectivity index (χ2n) is 7.86. The van der Waals surface area contributed by atoms with E-state index in [-0.39, 0.29) is 27.0 Å². The minimum Gasteiger partial charge on any atom is -0.454 e. The smallest absolute Gasteiger partial charge is 0.340 e. The minimum absolute atomic E-state index is 0.0245. The highest BCUT2D eigenvalue weighted by atomic mass is 35.5. The molecule has 34 heavy (non-hydrogen) atoms. The molecule has 0 aliphatic heterocycles. The number of hydrogen-bond acceptors (Lipinski definition) is 5. The lowest BCUT2D eigenvalue weighted by Gasteiger charge is -2.20. The molecule has 0 unspecified atom stereocenters. The number of halogens is 2. The van der Waals surface area contributed by atoms with Crippen LogP contribution in [-0.2, 0) is 14.8 Å². The zero-order valence-corrected chi connectivity index (χ0v) is 20.6. The van der Waals surface area contributed by atoms with Crippen LogP contribution in [0.25, 0.3) is 0 Å². The van der Waals surface area contributed by atoms with Gasteiger partial charge in [0.2, 0.25) is 5.78 Å². The lowest BCUT2D eigenvalue weighted by atomic mass is 9.97. The van der Waals surface area contributed by atoms with E-state index in [1.165, 1.54) is 31.3 Å². The Bertz CT molecular complexity index is 1350. The van der Waals surface area contributed by atoms with E-state index < -0.39 is 28.4 Å². The van der Waals surface area contributed by atoms with Gasteiger partial charge in [-0.15, -0.1) is 0 Å². The highest BCUT2D eigenvalue weighted by Gasteiger charge is 2.25. The first-order valence-corrected chi connectivity index (χ1v) is 12.1. The van der Waals surface area contributed by atoms with Crippen molar-refractivity contribution in [3.05, 3.63) is 93.3 Å². The van der Waals surface area contributed by atoms with Crippen LogP contribution in [0.3, 0.4) is 0 Å². The Morgan fingerprint density at radius 3 is 2.15 bits per heavy atom. The fourth-order valence-corrected chi connectivity index (χ4v) is 5.09. The predicted octanol–water partition coefficient (Wildman–Crippen LogP) is 5.27. The maximum Gasteiger partial charge on any atom is 0.340 e. The number of esters is 1. The van der Waals surface area contributed by atoms with Gasteiger partial charge in [0.25, 0.3) is 10.0 Å². The predicted molar refractivity (Wildman–Crippen MR) is 129 cm³/mol. The van der Waals surface area contributed by atoms with E-state index in [1.54, 1.807) is 13.8 Å². The largest absolute Gasteiger partial charge is 0.454 e. The first-order valence-electron chi connectivity index (χ1n) is 10.2. The Morgan fingerprint density at radius 2 is 1.56 bits per heavy atom. The van der Waals surface area contributed by atoms with Crippen molar-refractivity contribution in [1.82, 2.24) is 0 Å². The molecule has 0 saturated heterocycles. The number of ketones is 1. The summed E-state index contributed by atoms with van der Waals surface area (Å²) >= 11 is 6.12. The number of carbonyl (C=O) groups is 2. The quantitative estimate of drug-likeness (QED) is 0.324. The van der Waals surface area contributed by atoms with Crippen molar-refractivity contribution in [1.29, 1.82) is 0 Å². The summed E-state index contributed by atoms with van der Waals surface area (Å²) in [7, 11) is -2.78. The fraction of sp³-hybridized carbons (Fsp3) is 0.200.